The molecule has 0 bridgehead atoms. The van der Waals surface area contributed by atoms with Crippen molar-refractivity contribution >= 4 is 12.4 Å². The second-order valence-corrected chi connectivity index (χ2v) is 4.35. The van der Waals surface area contributed by atoms with Crippen molar-refractivity contribution in [2.24, 2.45) is 11.7 Å². The lowest BCUT2D eigenvalue weighted by Gasteiger charge is -2.09. The van der Waals surface area contributed by atoms with Crippen LogP contribution in [0.5, 0.6) is 0 Å². The maximum Gasteiger partial charge on any atom is 0.244 e. The monoisotopic (exact) mass is 289 g/mol. The molecule has 1 aromatic heterocycles. The van der Waals surface area contributed by atoms with E-state index in [0.717, 1.165) is 12.1 Å². The Balaban J connectivity index is 0.00000180. The minimum atomic E-state index is -0.952. The van der Waals surface area contributed by atoms with Crippen LogP contribution < -0.4 is 5.73 Å². The van der Waals surface area contributed by atoms with E-state index in [-0.39, 0.29) is 36.1 Å². The molecule has 0 spiro atoms. The number of halogens is 3. The summed E-state index contributed by atoms with van der Waals surface area (Å²) in [5, 5.41) is 3.71. The van der Waals surface area contributed by atoms with Gasteiger partial charge in [-0.25, -0.2) is 8.78 Å². The Morgan fingerprint density at radius 1 is 1.21 bits per heavy atom. The summed E-state index contributed by atoms with van der Waals surface area (Å²) in [6.07, 6.45) is 0. The van der Waals surface area contributed by atoms with Crippen LogP contribution in [0.1, 0.15) is 25.8 Å². The van der Waals surface area contributed by atoms with Crippen LogP contribution in [-0.4, -0.2) is 10.1 Å². The van der Waals surface area contributed by atoms with Crippen molar-refractivity contribution in [3.63, 3.8) is 0 Å². The number of nitrogens with zero attached hydrogens (tertiary/aromatic N) is 2. The number of rotatable bonds is 3. The Kier molecular flexibility index (Phi) is 4.97. The molecule has 1 atom stereocenters. The molecule has 0 aliphatic heterocycles. The second kappa shape index (κ2) is 6.08. The first-order valence-corrected chi connectivity index (χ1v) is 5.53. The Bertz CT molecular complexity index is 560. The van der Waals surface area contributed by atoms with Crippen LogP contribution in [-0.2, 0) is 0 Å². The third-order valence-electron chi connectivity index (χ3n) is 2.62. The van der Waals surface area contributed by atoms with E-state index in [1.165, 1.54) is 6.07 Å². The summed E-state index contributed by atoms with van der Waals surface area (Å²) < 4.78 is 30.9. The van der Waals surface area contributed by atoms with E-state index in [1.807, 2.05) is 13.8 Å². The molecule has 19 heavy (non-hydrogen) atoms. The molecule has 0 saturated heterocycles. The molecule has 0 saturated carbocycles. The molecule has 0 amide bonds. The molecule has 0 fully saturated rings. The molecular formula is C12H14ClF2N3O. The molecule has 104 valence electrons. The van der Waals surface area contributed by atoms with Gasteiger partial charge in [0, 0.05) is 5.56 Å². The SMILES string of the molecule is CC(C)C(N)c1nc(-c2ccc(F)c(F)c2)no1.Cl. The number of hydrogen-bond acceptors (Lipinski definition) is 4. The van der Waals surface area contributed by atoms with Crippen LogP contribution >= 0.6 is 12.4 Å². The van der Waals surface area contributed by atoms with Gasteiger partial charge in [-0.1, -0.05) is 19.0 Å². The topological polar surface area (TPSA) is 64.9 Å². The maximum atomic E-state index is 13.1. The summed E-state index contributed by atoms with van der Waals surface area (Å²) >= 11 is 0. The first kappa shape index (κ1) is 15.5. The summed E-state index contributed by atoms with van der Waals surface area (Å²) in [5.41, 5.74) is 6.20. The zero-order chi connectivity index (χ0) is 13.3. The maximum absolute atomic E-state index is 13.1. The summed E-state index contributed by atoms with van der Waals surface area (Å²) in [4.78, 5) is 4.08. The number of hydrogen-bond donors (Lipinski definition) is 1. The third kappa shape index (κ3) is 3.27. The van der Waals surface area contributed by atoms with Crippen molar-refractivity contribution in [3.8, 4) is 11.4 Å². The van der Waals surface area contributed by atoms with Gasteiger partial charge in [0.2, 0.25) is 11.7 Å². The predicted molar refractivity (Wildman–Crippen MR) is 68.7 cm³/mol. The van der Waals surface area contributed by atoms with E-state index in [9.17, 15) is 8.78 Å². The average molecular weight is 290 g/mol. The Hall–Kier alpha value is -1.53. The van der Waals surface area contributed by atoms with Gasteiger partial charge in [0.15, 0.2) is 11.6 Å². The van der Waals surface area contributed by atoms with Crippen molar-refractivity contribution in [2.75, 3.05) is 0 Å². The van der Waals surface area contributed by atoms with E-state index in [4.69, 9.17) is 10.3 Å². The fourth-order valence-electron chi connectivity index (χ4n) is 1.41. The van der Waals surface area contributed by atoms with Gasteiger partial charge in [-0.15, -0.1) is 12.4 Å². The predicted octanol–water partition coefficient (Wildman–Crippen LogP) is 3.09. The van der Waals surface area contributed by atoms with Crippen molar-refractivity contribution < 1.29 is 13.3 Å². The lowest BCUT2D eigenvalue weighted by Crippen LogP contribution is -2.16. The highest BCUT2D eigenvalue weighted by molar-refractivity contribution is 5.85. The fraction of sp³-hybridized carbons (Fsp3) is 0.333. The Morgan fingerprint density at radius 2 is 1.89 bits per heavy atom. The normalized spacial score (nSPS) is 12.3. The first-order chi connectivity index (χ1) is 8.49. The van der Waals surface area contributed by atoms with Gasteiger partial charge in [0.05, 0.1) is 6.04 Å². The summed E-state index contributed by atoms with van der Waals surface area (Å²) in [6, 6.07) is 3.04. The molecule has 2 aromatic rings. The van der Waals surface area contributed by atoms with Crippen molar-refractivity contribution in [2.45, 2.75) is 19.9 Å². The van der Waals surface area contributed by atoms with Gasteiger partial charge < -0.3 is 10.3 Å². The molecule has 0 aliphatic rings. The van der Waals surface area contributed by atoms with Gasteiger partial charge in [0.1, 0.15) is 0 Å². The highest BCUT2D eigenvalue weighted by Crippen LogP contribution is 2.22. The standard InChI is InChI=1S/C12H13F2N3O.ClH/c1-6(2)10(15)12-16-11(17-18-12)7-3-4-8(13)9(14)5-7;/h3-6,10H,15H2,1-2H3;1H. The lowest BCUT2D eigenvalue weighted by molar-refractivity contribution is 0.325. The highest BCUT2D eigenvalue weighted by atomic mass is 35.5. The summed E-state index contributed by atoms with van der Waals surface area (Å²) in [7, 11) is 0. The molecule has 1 heterocycles. The van der Waals surface area contributed by atoms with Crippen LogP contribution in [0.25, 0.3) is 11.4 Å². The van der Waals surface area contributed by atoms with Gasteiger partial charge in [-0.2, -0.15) is 4.98 Å². The third-order valence-corrected chi connectivity index (χ3v) is 2.62. The average Bonchev–Trinajstić information content (AvgIpc) is 2.81. The van der Waals surface area contributed by atoms with E-state index >= 15 is 0 Å². The molecule has 0 radical (unpaired) electrons. The molecular weight excluding hydrogens is 276 g/mol. The zero-order valence-corrected chi connectivity index (χ0v) is 11.2. The summed E-state index contributed by atoms with van der Waals surface area (Å²) in [6.45, 7) is 3.85. The molecule has 7 heteroatoms. The quantitative estimate of drug-likeness (QED) is 0.943. The Morgan fingerprint density at radius 3 is 2.47 bits per heavy atom. The van der Waals surface area contributed by atoms with Crippen LogP contribution in [0.4, 0.5) is 8.78 Å². The molecule has 2 rings (SSSR count). The molecule has 0 aliphatic carbocycles. The fourth-order valence-corrected chi connectivity index (χ4v) is 1.41. The number of benzene rings is 1. The van der Waals surface area contributed by atoms with E-state index in [1.54, 1.807) is 0 Å². The lowest BCUT2D eigenvalue weighted by atomic mass is 10.1. The molecule has 2 N–H and O–H groups in total. The van der Waals surface area contributed by atoms with E-state index in [2.05, 4.69) is 10.1 Å². The number of aromatic nitrogens is 2. The summed E-state index contributed by atoms with van der Waals surface area (Å²) in [5.74, 6) is -1.25. The second-order valence-electron chi connectivity index (χ2n) is 4.35. The van der Waals surface area contributed by atoms with Gasteiger partial charge in [0.25, 0.3) is 0 Å². The van der Waals surface area contributed by atoms with Crippen molar-refractivity contribution in [1.29, 1.82) is 0 Å². The highest BCUT2D eigenvalue weighted by Gasteiger charge is 2.19. The van der Waals surface area contributed by atoms with Gasteiger partial charge >= 0.3 is 0 Å². The smallest absolute Gasteiger partial charge is 0.244 e. The van der Waals surface area contributed by atoms with Crippen LogP contribution in [0.15, 0.2) is 22.7 Å². The van der Waals surface area contributed by atoms with Crippen LogP contribution in [0, 0.1) is 17.6 Å². The van der Waals surface area contributed by atoms with Crippen LogP contribution in [0.2, 0.25) is 0 Å². The minimum Gasteiger partial charge on any atom is -0.337 e. The van der Waals surface area contributed by atoms with Crippen molar-refractivity contribution in [1.82, 2.24) is 10.1 Å². The zero-order valence-electron chi connectivity index (χ0n) is 10.4. The molecule has 1 aromatic carbocycles. The van der Waals surface area contributed by atoms with Crippen LogP contribution in [0.3, 0.4) is 0 Å². The van der Waals surface area contributed by atoms with E-state index in [0.29, 0.717) is 5.56 Å². The largest absolute Gasteiger partial charge is 0.337 e. The molecule has 1 unspecified atom stereocenters. The van der Waals surface area contributed by atoms with E-state index < -0.39 is 11.6 Å². The molecule has 4 nitrogen and oxygen atoms in total. The van der Waals surface area contributed by atoms with Crippen molar-refractivity contribution in [3.05, 3.63) is 35.7 Å². The first-order valence-electron chi connectivity index (χ1n) is 5.53. The van der Waals surface area contributed by atoms with Gasteiger partial charge in [-0.3, -0.25) is 0 Å². The van der Waals surface area contributed by atoms with Gasteiger partial charge in [-0.05, 0) is 24.1 Å². The minimum absolute atomic E-state index is 0. The Labute approximate surface area is 115 Å². The number of nitrogens with two attached hydrogens (primary N) is 1.